The second kappa shape index (κ2) is 11.7. The summed E-state index contributed by atoms with van der Waals surface area (Å²) in [5.41, 5.74) is 3.05. The van der Waals surface area contributed by atoms with E-state index in [1.54, 1.807) is 18.2 Å². The number of nitrogens with zero attached hydrogens (tertiary/aromatic N) is 2. The number of carbonyl (C=O) groups is 1. The smallest absolute Gasteiger partial charge is 0.257 e. The van der Waals surface area contributed by atoms with Gasteiger partial charge >= 0.3 is 0 Å². The van der Waals surface area contributed by atoms with E-state index in [1.807, 2.05) is 54.8 Å². The Morgan fingerprint density at radius 2 is 1.85 bits per heavy atom. The van der Waals surface area contributed by atoms with Gasteiger partial charge in [-0.3, -0.25) is 4.79 Å². The molecule has 9 heteroatoms. The molecule has 0 saturated heterocycles. The number of amides is 1. The number of carbonyl (C=O) groups excluding carboxylic acids is 1. The average Bonchev–Trinajstić information content (AvgIpc) is 3.09. The first-order valence-corrected chi connectivity index (χ1v) is 13.4. The van der Waals surface area contributed by atoms with Crippen molar-refractivity contribution in [3.8, 4) is 11.3 Å². The minimum Gasteiger partial charge on any atom is -0.324 e. The molecule has 2 aromatic carbocycles. The number of benzene rings is 2. The minimum atomic E-state index is -3.69. The first-order valence-electron chi connectivity index (χ1n) is 11.0. The van der Waals surface area contributed by atoms with Gasteiger partial charge in [0.2, 0.25) is 10.0 Å². The van der Waals surface area contributed by atoms with Crippen molar-refractivity contribution in [3.63, 3.8) is 0 Å². The molecule has 1 heterocycles. The summed E-state index contributed by atoms with van der Waals surface area (Å²) in [4.78, 5) is 17.2. The van der Waals surface area contributed by atoms with E-state index in [9.17, 15) is 13.2 Å². The molecule has 0 aliphatic rings. The monoisotopic (exact) mass is 519 g/mol. The topological polar surface area (TPSA) is 81.1 Å². The number of imidazole rings is 1. The molecule has 0 aliphatic carbocycles. The maximum atomic E-state index is 12.4. The molecule has 3 rings (SSSR count). The summed E-state index contributed by atoms with van der Waals surface area (Å²) in [5, 5.41) is 1.06. The van der Waals surface area contributed by atoms with Gasteiger partial charge in [-0.1, -0.05) is 79.4 Å². The number of hydrogen-bond acceptors (Lipinski definition) is 4. The van der Waals surface area contributed by atoms with E-state index in [1.165, 1.54) is 6.08 Å². The quantitative estimate of drug-likeness (QED) is 0.268. The Bertz CT molecular complexity index is 1290. The lowest BCUT2D eigenvalue weighted by Gasteiger charge is -2.11. The molecule has 0 aliphatic heterocycles. The summed E-state index contributed by atoms with van der Waals surface area (Å²) in [6.45, 7) is 4.25. The molecule has 180 valence electrons. The molecule has 0 radical (unpaired) electrons. The van der Waals surface area contributed by atoms with Crippen LogP contribution < -0.4 is 4.72 Å². The molecule has 0 fully saturated rings. The van der Waals surface area contributed by atoms with Crippen molar-refractivity contribution in [3.05, 3.63) is 81.7 Å². The molecule has 0 saturated carbocycles. The third-order valence-corrected chi connectivity index (χ3v) is 7.18. The van der Waals surface area contributed by atoms with E-state index in [2.05, 4.69) is 4.72 Å². The van der Waals surface area contributed by atoms with Crippen molar-refractivity contribution in [1.82, 2.24) is 14.3 Å². The number of unbranched alkanes of at least 4 members (excludes halogenated alkanes) is 2. The van der Waals surface area contributed by atoms with Crippen LogP contribution in [0.2, 0.25) is 10.0 Å². The zero-order valence-electron chi connectivity index (χ0n) is 19.1. The predicted octanol–water partition coefficient (Wildman–Crippen LogP) is 5.86. The summed E-state index contributed by atoms with van der Waals surface area (Å²) < 4.78 is 28.4. The van der Waals surface area contributed by atoms with Crippen molar-refractivity contribution in [2.75, 3.05) is 5.75 Å². The van der Waals surface area contributed by atoms with Gasteiger partial charge < -0.3 is 4.57 Å². The highest BCUT2D eigenvalue weighted by Gasteiger charge is 2.17. The summed E-state index contributed by atoms with van der Waals surface area (Å²) in [5.74, 6) is -0.0653. The minimum absolute atomic E-state index is 0.0816. The number of nitrogens with one attached hydrogen (secondary N) is 1. The molecule has 1 N–H and O–H groups in total. The van der Waals surface area contributed by atoms with Gasteiger partial charge in [0.15, 0.2) is 0 Å². The molecular formula is C25H27Cl2N3O3S. The maximum Gasteiger partial charge on any atom is 0.257 e. The van der Waals surface area contributed by atoms with Gasteiger partial charge in [0.05, 0.1) is 23.7 Å². The van der Waals surface area contributed by atoms with Crippen LogP contribution in [0.5, 0.6) is 0 Å². The lowest BCUT2D eigenvalue weighted by molar-refractivity contribution is -0.114. The number of halogens is 2. The van der Waals surface area contributed by atoms with Gasteiger partial charge in [-0.2, -0.15) is 0 Å². The molecule has 1 aromatic heterocycles. The SMILES string of the molecule is CCCCCS(=O)(=O)NC(=O)C=Cc1c(-c2ccccc2)nc(C)n1Cc1ccc(Cl)cc1Cl. The van der Waals surface area contributed by atoms with Crippen molar-refractivity contribution < 1.29 is 13.2 Å². The Labute approximate surface area is 210 Å². The van der Waals surface area contributed by atoms with Gasteiger partial charge in [-0.15, -0.1) is 0 Å². The lowest BCUT2D eigenvalue weighted by atomic mass is 10.1. The third-order valence-electron chi connectivity index (χ3n) is 5.25. The Balaban J connectivity index is 1.94. The van der Waals surface area contributed by atoms with Crippen LogP contribution in [0.15, 0.2) is 54.6 Å². The number of hydrogen-bond donors (Lipinski definition) is 1. The van der Waals surface area contributed by atoms with Gasteiger partial charge in [-0.05, 0) is 37.1 Å². The molecule has 0 spiro atoms. The first-order chi connectivity index (χ1) is 16.2. The molecule has 34 heavy (non-hydrogen) atoms. The largest absolute Gasteiger partial charge is 0.324 e. The second-order valence-corrected chi connectivity index (χ2v) is 10.6. The standard InChI is InChI=1S/C25H27Cl2N3O3S/c1-3-4-8-15-34(32,33)29-24(31)14-13-23-25(19-9-6-5-7-10-19)28-18(2)30(23)17-20-11-12-21(26)16-22(20)27/h5-7,9-14,16H,3-4,8,15,17H2,1-2H3,(H,29,31). The Morgan fingerprint density at radius 1 is 1.12 bits per heavy atom. The maximum absolute atomic E-state index is 12.4. The molecular weight excluding hydrogens is 493 g/mol. The van der Waals surface area contributed by atoms with Crippen LogP contribution in [0.25, 0.3) is 17.3 Å². The predicted molar refractivity (Wildman–Crippen MR) is 138 cm³/mol. The second-order valence-electron chi connectivity index (χ2n) is 7.91. The van der Waals surface area contributed by atoms with Crippen LogP contribution in [0.4, 0.5) is 0 Å². The molecule has 6 nitrogen and oxygen atoms in total. The number of aromatic nitrogens is 2. The number of rotatable bonds is 10. The van der Waals surface area contributed by atoms with Gasteiger partial charge in [-0.25, -0.2) is 18.1 Å². The van der Waals surface area contributed by atoms with E-state index in [4.69, 9.17) is 28.2 Å². The normalized spacial score (nSPS) is 11.8. The number of sulfonamides is 1. The zero-order valence-corrected chi connectivity index (χ0v) is 21.4. The molecule has 3 aromatic rings. The molecule has 1 amide bonds. The van der Waals surface area contributed by atoms with Crippen LogP contribution in [-0.2, 0) is 21.4 Å². The van der Waals surface area contributed by atoms with Crippen molar-refractivity contribution >= 4 is 45.2 Å². The molecule has 0 atom stereocenters. The average molecular weight is 520 g/mol. The van der Waals surface area contributed by atoms with E-state index in [0.717, 1.165) is 29.8 Å². The Hall–Kier alpha value is -2.61. The third kappa shape index (κ3) is 6.95. The lowest BCUT2D eigenvalue weighted by Crippen LogP contribution is -2.31. The first kappa shape index (κ1) is 26.0. The summed E-state index contributed by atoms with van der Waals surface area (Å²) in [6, 6.07) is 14.9. The summed E-state index contributed by atoms with van der Waals surface area (Å²) >= 11 is 12.4. The van der Waals surface area contributed by atoms with Crippen LogP contribution in [0.3, 0.4) is 0 Å². The van der Waals surface area contributed by atoms with E-state index >= 15 is 0 Å². The zero-order chi connectivity index (χ0) is 24.7. The highest BCUT2D eigenvalue weighted by Crippen LogP contribution is 2.28. The van der Waals surface area contributed by atoms with Crippen molar-refractivity contribution in [2.45, 2.75) is 39.7 Å². The fourth-order valence-corrected chi connectivity index (χ4v) is 5.04. The van der Waals surface area contributed by atoms with E-state index < -0.39 is 15.9 Å². The van der Waals surface area contributed by atoms with Crippen molar-refractivity contribution in [2.24, 2.45) is 0 Å². The van der Waals surface area contributed by atoms with Crippen molar-refractivity contribution in [1.29, 1.82) is 0 Å². The Morgan fingerprint density at radius 3 is 2.53 bits per heavy atom. The number of aryl methyl sites for hydroxylation is 1. The van der Waals surface area contributed by atoms with Crippen LogP contribution >= 0.6 is 23.2 Å². The fourth-order valence-electron chi connectivity index (χ4n) is 3.51. The Kier molecular flexibility index (Phi) is 8.94. The molecule has 0 unspecified atom stereocenters. The van der Waals surface area contributed by atoms with Gasteiger partial charge in [0, 0.05) is 21.7 Å². The molecule has 0 bridgehead atoms. The summed E-state index contributed by atoms with van der Waals surface area (Å²) in [7, 11) is -3.69. The van der Waals surface area contributed by atoms with Crippen LogP contribution in [0, 0.1) is 6.92 Å². The highest BCUT2D eigenvalue weighted by atomic mass is 35.5. The van der Waals surface area contributed by atoms with Crippen LogP contribution in [-0.4, -0.2) is 29.6 Å². The van der Waals surface area contributed by atoms with Crippen LogP contribution in [0.1, 0.15) is 43.3 Å². The van der Waals surface area contributed by atoms with Gasteiger partial charge in [0.25, 0.3) is 5.91 Å². The fraction of sp³-hybridized carbons (Fsp3) is 0.280. The van der Waals surface area contributed by atoms with Gasteiger partial charge in [0.1, 0.15) is 5.82 Å². The highest BCUT2D eigenvalue weighted by molar-refractivity contribution is 7.90. The van der Waals surface area contributed by atoms with E-state index in [-0.39, 0.29) is 5.75 Å². The summed E-state index contributed by atoms with van der Waals surface area (Å²) in [6.07, 6.45) is 5.00. The van der Waals surface area contributed by atoms with E-state index in [0.29, 0.717) is 34.4 Å².